The summed E-state index contributed by atoms with van der Waals surface area (Å²) < 4.78 is 5.93. The number of rotatable bonds is 1. The molecular formula is C10H8N6O2. The van der Waals surface area contributed by atoms with Crippen molar-refractivity contribution in [2.45, 2.75) is 0 Å². The van der Waals surface area contributed by atoms with Gasteiger partial charge in [0.15, 0.2) is 17.3 Å². The molecule has 2 aliphatic rings. The Morgan fingerprint density at radius 1 is 1.33 bits per heavy atom. The molecule has 0 spiro atoms. The van der Waals surface area contributed by atoms with E-state index in [0.29, 0.717) is 11.5 Å². The molecular weight excluding hydrogens is 236 g/mol. The van der Waals surface area contributed by atoms with Gasteiger partial charge in [0.1, 0.15) is 5.69 Å². The molecule has 0 amide bonds. The Morgan fingerprint density at radius 3 is 2.89 bits per heavy atom. The van der Waals surface area contributed by atoms with Crippen molar-refractivity contribution in [1.82, 2.24) is 19.7 Å². The lowest BCUT2D eigenvalue weighted by Crippen LogP contribution is -2.20. The van der Waals surface area contributed by atoms with Gasteiger partial charge in [0, 0.05) is 0 Å². The van der Waals surface area contributed by atoms with E-state index in [-0.39, 0.29) is 23.0 Å². The van der Waals surface area contributed by atoms with Crippen LogP contribution in [0.1, 0.15) is 0 Å². The molecule has 8 heteroatoms. The molecule has 1 aromatic heterocycles. The van der Waals surface area contributed by atoms with E-state index < -0.39 is 0 Å². The van der Waals surface area contributed by atoms with Crippen LogP contribution in [0, 0.1) is 5.41 Å². The summed E-state index contributed by atoms with van der Waals surface area (Å²) in [6, 6.07) is 3.40. The second kappa shape index (κ2) is 3.55. The quantitative estimate of drug-likeness (QED) is 0.529. The summed E-state index contributed by atoms with van der Waals surface area (Å²) in [6.45, 7) is 0. The van der Waals surface area contributed by atoms with Gasteiger partial charge >= 0.3 is 0 Å². The number of fused-ring (bicyclic) bond motifs is 1. The van der Waals surface area contributed by atoms with Gasteiger partial charge in [-0.05, 0) is 12.1 Å². The van der Waals surface area contributed by atoms with Crippen LogP contribution >= 0.6 is 0 Å². The first-order chi connectivity index (χ1) is 8.65. The van der Waals surface area contributed by atoms with Crippen LogP contribution in [0.5, 0.6) is 0 Å². The fourth-order valence-corrected chi connectivity index (χ4v) is 1.60. The van der Waals surface area contributed by atoms with Crippen molar-refractivity contribution in [1.29, 1.82) is 5.41 Å². The number of hydrogen-bond donors (Lipinski definition) is 3. The highest BCUT2D eigenvalue weighted by atomic mass is 16.5. The van der Waals surface area contributed by atoms with E-state index in [0.717, 1.165) is 4.73 Å². The van der Waals surface area contributed by atoms with Crippen LogP contribution in [0.3, 0.4) is 0 Å². The maximum Gasteiger partial charge on any atom is 0.246 e. The van der Waals surface area contributed by atoms with E-state index in [2.05, 4.69) is 15.0 Å². The number of hydrogen-bond acceptors (Lipinski definition) is 7. The summed E-state index contributed by atoms with van der Waals surface area (Å²) in [5.41, 5.74) is 5.98. The largest absolute Gasteiger partial charge is 0.463 e. The lowest BCUT2D eigenvalue weighted by molar-refractivity contribution is 0.185. The smallest absolute Gasteiger partial charge is 0.246 e. The number of furan rings is 1. The van der Waals surface area contributed by atoms with E-state index in [1.54, 1.807) is 12.1 Å². The summed E-state index contributed by atoms with van der Waals surface area (Å²) in [5.74, 6) is 0.582. The van der Waals surface area contributed by atoms with E-state index in [1.807, 2.05) is 0 Å². The Morgan fingerprint density at radius 2 is 2.17 bits per heavy atom. The van der Waals surface area contributed by atoms with Crippen molar-refractivity contribution in [2.24, 2.45) is 0 Å². The van der Waals surface area contributed by atoms with Crippen LogP contribution in [0.2, 0.25) is 0 Å². The van der Waals surface area contributed by atoms with Gasteiger partial charge in [0.05, 0.1) is 12.5 Å². The number of nitrogen functional groups attached to an aromatic ring is 1. The highest BCUT2D eigenvalue weighted by Crippen LogP contribution is 2.25. The van der Waals surface area contributed by atoms with Crippen LogP contribution < -0.4 is 11.4 Å². The zero-order valence-electron chi connectivity index (χ0n) is 9.03. The number of anilines is 1. The maximum atomic E-state index is 9.81. The zero-order valence-corrected chi connectivity index (χ0v) is 9.03. The molecule has 1 aromatic rings. The van der Waals surface area contributed by atoms with Gasteiger partial charge in [-0.25, -0.2) is 4.98 Å². The molecule has 90 valence electrons. The third-order valence-electron chi connectivity index (χ3n) is 2.36. The first-order valence-corrected chi connectivity index (χ1v) is 5.00. The topological polar surface area (TPSA) is 127 Å². The van der Waals surface area contributed by atoms with Gasteiger partial charge in [-0.2, -0.15) is 14.7 Å². The number of nitrogens with two attached hydrogens (primary N) is 1. The van der Waals surface area contributed by atoms with Crippen LogP contribution in [0.25, 0.3) is 23.0 Å². The van der Waals surface area contributed by atoms with E-state index in [4.69, 9.17) is 15.6 Å². The van der Waals surface area contributed by atoms with Crippen LogP contribution in [-0.2, 0) is 0 Å². The Labute approximate surface area is 100 Å². The summed E-state index contributed by atoms with van der Waals surface area (Å²) >= 11 is 0. The molecule has 0 radical (unpaired) electrons. The molecule has 0 saturated heterocycles. The molecule has 0 aromatic carbocycles. The van der Waals surface area contributed by atoms with Crippen molar-refractivity contribution in [3.8, 4) is 23.0 Å². The molecule has 2 aliphatic heterocycles. The molecule has 0 saturated carbocycles. The van der Waals surface area contributed by atoms with E-state index in [9.17, 15) is 5.21 Å². The maximum absolute atomic E-state index is 9.81. The number of aromatic nitrogens is 4. The second-order valence-corrected chi connectivity index (χ2v) is 3.55. The molecule has 3 rings (SSSR count). The van der Waals surface area contributed by atoms with Crippen molar-refractivity contribution >= 4 is 5.82 Å². The fraction of sp³-hybridized carbons (Fsp3) is 0. The highest BCUT2D eigenvalue weighted by molar-refractivity contribution is 5.67. The highest BCUT2D eigenvalue weighted by Gasteiger charge is 2.18. The standard InChI is InChI=1S/C10H8N6O2/c11-8-7-9(15-10(12)14-8)16(17)4-5(13-7)6-2-1-3-18-6/h1-4,17H,(H3,11,12,14). The van der Waals surface area contributed by atoms with Crippen LogP contribution in [0.4, 0.5) is 5.82 Å². The summed E-state index contributed by atoms with van der Waals surface area (Å²) in [5, 5.41) is 17.1. The molecule has 0 unspecified atom stereocenters. The molecule has 8 nitrogen and oxygen atoms in total. The molecule has 3 heterocycles. The molecule has 0 fully saturated rings. The Hall–Kier alpha value is -2.90. The molecule has 18 heavy (non-hydrogen) atoms. The third-order valence-corrected chi connectivity index (χ3v) is 2.36. The minimum Gasteiger partial charge on any atom is -0.463 e. The Kier molecular flexibility index (Phi) is 2.03. The van der Waals surface area contributed by atoms with E-state index in [1.165, 1.54) is 12.5 Å². The lowest BCUT2D eigenvalue weighted by Gasteiger charge is -2.10. The Bertz CT molecular complexity index is 733. The van der Waals surface area contributed by atoms with Gasteiger partial charge < -0.3 is 15.4 Å². The van der Waals surface area contributed by atoms with Gasteiger partial charge in [-0.1, -0.05) is 0 Å². The van der Waals surface area contributed by atoms with Crippen molar-refractivity contribution < 1.29 is 9.62 Å². The molecule has 4 N–H and O–H groups in total. The third kappa shape index (κ3) is 1.47. The minimum absolute atomic E-state index is 0.0289. The van der Waals surface area contributed by atoms with Gasteiger partial charge in [-0.15, -0.1) is 0 Å². The average molecular weight is 244 g/mol. The molecule has 0 atom stereocenters. The molecule has 0 aliphatic carbocycles. The average Bonchev–Trinajstić information content (AvgIpc) is 2.83. The van der Waals surface area contributed by atoms with Crippen molar-refractivity contribution in [3.63, 3.8) is 0 Å². The minimum atomic E-state index is -0.282. The summed E-state index contributed by atoms with van der Waals surface area (Å²) in [7, 11) is 0. The van der Waals surface area contributed by atoms with Gasteiger partial charge in [-0.3, -0.25) is 5.41 Å². The second-order valence-electron chi connectivity index (χ2n) is 3.55. The molecule has 0 bridgehead atoms. The fourth-order valence-electron chi connectivity index (χ4n) is 1.60. The summed E-state index contributed by atoms with van der Waals surface area (Å²) in [4.78, 5) is 11.6. The SMILES string of the molecule is N=c1nc(N)c2nc(-c3ccco3)cn(O)c-2n1. The Balaban J connectivity index is 2.34. The van der Waals surface area contributed by atoms with Gasteiger partial charge in [0.25, 0.3) is 0 Å². The predicted octanol–water partition coefficient (Wildman–Crippen LogP) is 0.337. The monoisotopic (exact) mass is 244 g/mol. The van der Waals surface area contributed by atoms with Crippen molar-refractivity contribution in [2.75, 3.05) is 5.73 Å². The first-order valence-electron chi connectivity index (χ1n) is 5.00. The predicted molar refractivity (Wildman–Crippen MR) is 59.6 cm³/mol. The normalized spacial score (nSPS) is 10.9. The zero-order chi connectivity index (χ0) is 12.7. The van der Waals surface area contributed by atoms with E-state index >= 15 is 0 Å². The number of nitrogens with one attached hydrogen (secondary N) is 1. The first kappa shape index (κ1) is 10.3. The summed E-state index contributed by atoms with van der Waals surface area (Å²) in [6.07, 6.45) is 2.82. The van der Waals surface area contributed by atoms with Crippen molar-refractivity contribution in [3.05, 3.63) is 30.2 Å². The van der Waals surface area contributed by atoms with Crippen LogP contribution in [-0.4, -0.2) is 24.9 Å². The number of nitrogens with zero attached hydrogens (tertiary/aromatic N) is 4. The van der Waals surface area contributed by atoms with Gasteiger partial charge in [0.2, 0.25) is 11.4 Å². The lowest BCUT2D eigenvalue weighted by atomic mass is 10.3. The van der Waals surface area contributed by atoms with Crippen LogP contribution in [0.15, 0.2) is 29.0 Å².